The number of likely N-dealkylation sites (tertiary alicyclic amines) is 1. The Morgan fingerprint density at radius 1 is 1.60 bits per heavy atom. The van der Waals surface area contributed by atoms with Gasteiger partial charge < -0.3 is 10.2 Å². The molecule has 1 saturated heterocycles. The summed E-state index contributed by atoms with van der Waals surface area (Å²) in [6, 6.07) is 0. The van der Waals surface area contributed by atoms with Gasteiger partial charge in [-0.2, -0.15) is 0 Å². The van der Waals surface area contributed by atoms with Crippen LogP contribution in [-0.4, -0.2) is 46.1 Å². The molecule has 0 unspecified atom stereocenters. The van der Waals surface area contributed by atoms with Crippen LogP contribution < -0.4 is 0 Å². The van der Waals surface area contributed by atoms with Crippen LogP contribution in [0.2, 0.25) is 0 Å². The van der Waals surface area contributed by atoms with E-state index in [0.29, 0.717) is 0 Å². The maximum absolute atomic E-state index is 13.3. The molecule has 1 heterocycles. The molecular formula is C10H18FNO3. The van der Waals surface area contributed by atoms with Gasteiger partial charge in [-0.3, -0.25) is 4.90 Å². The zero-order chi connectivity index (χ0) is 11.9. The number of hydrogen-bond acceptors (Lipinski definition) is 2. The molecule has 1 aliphatic rings. The largest absolute Gasteiger partial charge is 0.465 e. The van der Waals surface area contributed by atoms with Gasteiger partial charge in [0.15, 0.2) is 0 Å². The van der Waals surface area contributed by atoms with Gasteiger partial charge in [0.25, 0.3) is 0 Å². The minimum Gasteiger partial charge on any atom is -0.465 e. The molecule has 1 rings (SSSR count). The summed E-state index contributed by atoms with van der Waals surface area (Å²) in [6.45, 7) is 4.96. The summed E-state index contributed by atoms with van der Waals surface area (Å²) in [5, 5.41) is 18.4. The third kappa shape index (κ3) is 1.80. The Bertz CT molecular complexity index is 264. The van der Waals surface area contributed by atoms with Crippen LogP contribution in [0, 0.1) is 5.41 Å². The molecule has 0 saturated carbocycles. The van der Waals surface area contributed by atoms with Crippen LogP contribution in [0.4, 0.5) is 9.18 Å². The van der Waals surface area contributed by atoms with Gasteiger partial charge in [0, 0.05) is 6.42 Å². The topological polar surface area (TPSA) is 60.8 Å². The van der Waals surface area contributed by atoms with Crippen LogP contribution >= 0.6 is 0 Å². The number of nitrogens with zero attached hydrogens (tertiary/aromatic N) is 1. The van der Waals surface area contributed by atoms with Crippen LogP contribution in [0.3, 0.4) is 0 Å². The molecule has 88 valence electrons. The van der Waals surface area contributed by atoms with E-state index in [2.05, 4.69) is 0 Å². The maximum atomic E-state index is 13.3. The van der Waals surface area contributed by atoms with Crippen molar-refractivity contribution in [2.75, 3.05) is 13.2 Å². The number of alkyl halides is 1. The second-order valence-electron chi connectivity index (χ2n) is 5.13. The fraction of sp³-hybridized carbons (Fsp3) is 0.900. The second kappa shape index (κ2) is 3.63. The van der Waals surface area contributed by atoms with Gasteiger partial charge in [-0.1, -0.05) is 20.8 Å². The Morgan fingerprint density at radius 2 is 2.13 bits per heavy atom. The van der Waals surface area contributed by atoms with Crippen molar-refractivity contribution in [1.29, 1.82) is 0 Å². The molecule has 2 atom stereocenters. The average Bonchev–Trinajstić information content (AvgIpc) is 2.42. The minimum atomic E-state index is -1.19. The van der Waals surface area contributed by atoms with E-state index in [-0.39, 0.29) is 19.6 Å². The van der Waals surface area contributed by atoms with Crippen molar-refractivity contribution in [3.8, 4) is 0 Å². The van der Waals surface area contributed by atoms with Crippen molar-refractivity contribution >= 4 is 6.09 Å². The average molecular weight is 219 g/mol. The molecule has 1 fully saturated rings. The number of carbonyl (C=O) groups is 1. The molecular weight excluding hydrogens is 201 g/mol. The van der Waals surface area contributed by atoms with Crippen LogP contribution in [0.25, 0.3) is 0 Å². The molecule has 2 N–H and O–H groups in total. The normalized spacial score (nSPS) is 32.1. The van der Waals surface area contributed by atoms with Gasteiger partial charge in [-0.05, 0) is 5.41 Å². The minimum absolute atomic E-state index is 0.0688. The molecule has 15 heavy (non-hydrogen) atoms. The first-order valence-electron chi connectivity index (χ1n) is 5.00. The lowest BCUT2D eigenvalue weighted by Gasteiger charge is -2.45. The lowest BCUT2D eigenvalue weighted by atomic mass is 9.72. The molecule has 0 spiro atoms. The van der Waals surface area contributed by atoms with E-state index >= 15 is 0 Å². The number of rotatable bonds is 1. The monoisotopic (exact) mass is 219 g/mol. The number of amides is 1. The summed E-state index contributed by atoms with van der Waals surface area (Å²) in [5.74, 6) is 0. The van der Waals surface area contributed by atoms with E-state index in [1.165, 1.54) is 0 Å². The van der Waals surface area contributed by atoms with Crippen molar-refractivity contribution in [3.05, 3.63) is 0 Å². The van der Waals surface area contributed by atoms with E-state index < -0.39 is 23.2 Å². The van der Waals surface area contributed by atoms with E-state index in [1.807, 2.05) is 20.8 Å². The number of carboxylic acid groups (broad SMARTS) is 1. The van der Waals surface area contributed by atoms with Crippen molar-refractivity contribution in [1.82, 2.24) is 4.90 Å². The fourth-order valence-electron chi connectivity index (χ4n) is 2.27. The Kier molecular flexibility index (Phi) is 2.96. The van der Waals surface area contributed by atoms with Crippen molar-refractivity contribution in [2.45, 2.75) is 38.9 Å². The van der Waals surface area contributed by atoms with E-state index in [1.54, 1.807) is 0 Å². The molecule has 0 radical (unpaired) electrons. The number of aliphatic hydroxyl groups excluding tert-OH is 1. The van der Waals surface area contributed by atoms with E-state index in [4.69, 9.17) is 5.11 Å². The number of halogens is 1. The van der Waals surface area contributed by atoms with Crippen molar-refractivity contribution in [2.24, 2.45) is 5.41 Å². The Morgan fingerprint density at radius 3 is 2.40 bits per heavy atom. The molecule has 1 amide bonds. The van der Waals surface area contributed by atoms with Crippen LogP contribution in [-0.2, 0) is 0 Å². The smallest absolute Gasteiger partial charge is 0.407 e. The molecule has 0 aromatic carbocycles. The molecule has 4 nitrogen and oxygen atoms in total. The summed E-state index contributed by atoms with van der Waals surface area (Å²) in [4.78, 5) is 12.1. The van der Waals surface area contributed by atoms with Crippen molar-refractivity contribution < 1.29 is 19.4 Å². The number of aliphatic hydroxyl groups is 1. The first-order valence-corrected chi connectivity index (χ1v) is 5.00. The summed E-state index contributed by atoms with van der Waals surface area (Å²) >= 11 is 0. The highest BCUT2D eigenvalue weighted by Gasteiger charge is 2.54. The summed E-state index contributed by atoms with van der Waals surface area (Å²) in [5.41, 5.74) is -1.49. The fourth-order valence-corrected chi connectivity index (χ4v) is 2.27. The summed E-state index contributed by atoms with van der Waals surface area (Å²) in [7, 11) is 0. The van der Waals surface area contributed by atoms with Crippen LogP contribution in [0.5, 0.6) is 0 Å². The Balaban J connectivity index is 3.11. The standard InChI is InChI=1S/C10H18FNO3/c1-9(2,3)10(6-13)4-7(11)5-12(10)8(14)15/h7,13H,4-6H2,1-3H3,(H,14,15)/t7-,10-/m0/s1. The predicted molar refractivity (Wildman–Crippen MR) is 53.5 cm³/mol. The lowest BCUT2D eigenvalue weighted by molar-refractivity contribution is -0.0117. The van der Waals surface area contributed by atoms with Gasteiger partial charge >= 0.3 is 6.09 Å². The zero-order valence-corrected chi connectivity index (χ0v) is 9.33. The SMILES string of the molecule is CC(C)(C)[C@@]1(CO)C[C@H](F)CN1C(=O)O. The zero-order valence-electron chi connectivity index (χ0n) is 9.33. The highest BCUT2D eigenvalue weighted by molar-refractivity contribution is 5.67. The molecule has 0 bridgehead atoms. The van der Waals surface area contributed by atoms with E-state index in [0.717, 1.165) is 4.90 Å². The first-order chi connectivity index (χ1) is 6.74. The van der Waals surface area contributed by atoms with Gasteiger partial charge in [-0.15, -0.1) is 0 Å². The van der Waals surface area contributed by atoms with Gasteiger partial charge in [0.2, 0.25) is 0 Å². The van der Waals surface area contributed by atoms with Crippen molar-refractivity contribution in [3.63, 3.8) is 0 Å². The highest BCUT2D eigenvalue weighted by Crippen LogP contribution is 2.44. The molecule has 0 aromatic heterocycles. The third-order valence-electron chi connectivity index (χ3n) is 3.35. The van der Waals surface area contributed by atoms with E-state index in [9.17, 15) is 14.3 Å². The molecule has 0 aromatic rings. The summed E-state index contributed by atoms with van der Waals surface area (Å²) in [6.07, 6.45) is -2.29. The predicted octanol–water partition coefficient (Wildman–Crippen LogP) is 1.49. The van der Waals surface area contributed by atoms with Crippen LogP contribution in [0.1, 0.15) is 27.2 Å². The molecule has 1 aliphatic heterocycles. The maximum Gasteiger partial charge on any atom is 0.407 e. The Hall–Kier alpha value is -0.840. The van der Waals surface area contributed by atoms with Gasteiger partial charge in [0.05, 0.1) is 18.7 Å². The second-order valence-corrected chi connectivity index (χ2v) is 5.13. The highest BCUT2D eigenvalue weighted by atomic mass is 19.1. The van der Waals surface area contributed by atoms with Gasteiger partial charge in [0.1, 0.15) is 6.17 Å². The first kappa shape index (κ1) is 12.2. The number of hydrogen-bond donors (Lipinski definition) is 2. The molecule has 5 heteroatoms. The molecule has 0 aliphatic carbocycles. The van der Waals surface area contributed by atoms with Gasteiger partial charge in [-0.25, -0.2) is 9.18 Å². The quantitative estimate of drug-likeness (QED) is 0.702. The lowest BCUT2D eigenvalue weighted by Crippen LogP contribution is -2.57. The third-order valence-corrected chi connectivity index (χ3v) is 3.35. The van der Waals surface area contributed by atoms with Crippen LogP contribution in [0.15, 0.2) is 0 Å². The summed E-state index contributed by atoms with van der Waals surface area (Å²) < 4.78 is 13.3. The Labute approximate surface area is 88.7 Å².